The maximum Gasteiger partial charge on any atom is 0.343 e. The van der Waals surface area contributed by atoms with Crippen LogP contribution in [0.3, 0.4) is 0 Å². The fourth-order valence-electron chi connectivity index (χ4n) is 2.11. The third-order valence-corrected chi connectivity index (χ3v) is 4.41. The molecule has 1 amide bonds. The highest BCUT2D eigenvalue weighted by Crippen LogP contribution is 2.18. The first-order chi connectivity index (χ1) is 9.76. The van der Waals surface area contributed by atoms with Gasteiger partial charge in [0.2, 0.25) is 5.91 Å². The van der Waals surface area contributed by atoms with E-state index in [0.29, 0.717) is 11.6 Å². The lowest BCUT2D eigenvalue weighted by molar-refractivity contribution is -0.124. The number of hydrogen-bond acceptors (Lipinski definition) is 5. The van der Waals surface area contributed by atoms with Crippen molar-refractivity contribution in [2.24, 2.45) is 12.8 Å². The van der Waals surface area contributed by atoms with E-state index in [-0.39, 0.29) is 17.6 Å². The maximum absolute atomic E-state index is 11.6. The number of hydrogen-bond donors (Lipinski definition) is 3. The van der Waals surface area contributed by atoms with Crippen molar-refractivity contribution in [3.63, 3.8) is 0 Å². The van der Waals surface area contributed by atoms with Gasteiger partial charge in [0.1, 0.15) is 0 Å². The number of nitrogens with two attached hydrogens (primary N) is 1. The average molecular weight is 315 g/mol. The molecule has 0 aromatic carbocycles. The lowest BCUT2D eigenvalue weighted by Gasteiger charge is -2.29. The van der Waals surface area contributed by atoms with Crippen LogP contribution in [0.2, 0.25) is 0 Å². The lowest BCUT2D eigenvalue weighted by Crippen LogP contribution is -2.55. The lowest BCUT2D eigenvalue weighted by atomic mass is 9.93. The third-order valence-electron chi connectivity index (χ3n) is 3.29. The zero-order chi connectivity index (χ0) is 16.0. The van der Waals surface area contributed by atoms with Gasteiger partial charge in [0.25, 0.3) is 0 Å². The van der Waals surface area contributed by atoms with Crippen LogP contribution >= 0.6 is 11.8 Å². The Morgan fingerprint density at radius 1 is 1.52 bits per heavy atom. The number of unbranched alkanes of at least 4 members (excludes halogenated alkanes) is 1. The topological polar surface area (TPSA) is 106 Å². The highest BCUT2D eigenvalue weighted by atomic mass is 32.2. The first-order valence-electron chi connectivity index (χ1n) is 7.08. The van der Waals surface area contributed by atoms with E-state index in [4.69, 9.17) is 5.73 Å². The molecule has 8 heteroatoms. The zero-order valence-electron chi connectivity index (χ0n) is 13.1. The molecule has 1 aromatic heterocycles. The number of thioether (sulfide) groups is 1. The highest BCUT2D eigenvalue weighted by molar-refractivity contribution is 7.99. The Kier molecular flexibility index (Phi) is 6.47. The predicted octanol–water partition coefficient (Wildman–Crippen LogP) is 0.613. The molecule has 7 nitrogen and oxygen atoms in total. The SMILES string of the molecule is CC(C)NC(C)(CCCCSc1n[nH]c(=O)n1C)C(N)=O. The molecular weight excluding hydrogens is 290 g/mol. The molecule has 120 valence electrons. The summed E-state index contributed by atoms with van der Waals surface area (Å²) in [6.45, 7) is 5.84. The zero-order valence-corrected chi connectivity index (χ0v) is 13.9. The number of nitrogens with one attached hydrogen (secondary N) is 2. The van der Waals surface area contributed by atoms with E-state index in [0.717, 1.165) is 18.6 Å². The van der Waals surface area contributed by atoms with Crippen LogP contribution in [0.4, 0.5) is 0 Å². The first-order valence-corrected chi connectivity index (χ1v) is 8.06. The summed E-state index contributed by atoms with van der Waals surface area (Å²) in [6.07, 6.45) is 2.50. The Morgan fingerprint density at radius 2 is 2.19 bits per heavy atom. The summed E-state index contributed by atoms with van der Waals surface area (Å²) in [5, 5.41) is 10.2. The molecular formula is C13H25N5O2S. The van der Waals surface area contributed by atoms with E-state index < -0.39 is 5.54 Å². The van der Waals surface area contributed by atoms with Crippen molar-refractivity contribution in [1.29, 1.82) is 0 Å². The number of aromatic amines is 1. The number of carbonyl (C=O) groups is 1. The second-order valence-corrected chi connectivity index (χ2v) is 6.73. The van der Waals surface area contributed by atoms with Crippen LogP contribution in [0.5, 0.6) is 0 Å². The molecule has 0 aliphatic carbocycles. The summed E-state index contributed by atoms with van der Waals surface area (Å²) in [5.74, 6) is 0.521. The summed E-state index contributed by atoms with van der Waals surface area (Å²) < 4.78 is 1.48. The van der Waals surface area contributed by atoms with Gasteiger partial charge in [0.05, 0.1) is 5.54 Å². The molecule has 4 N–H and O–H groups in total. The van der Waals surface area contributed by atoms with Crippen molar-refractivity contribution < 1.29 is 4.79 Å². The quantitative estimate of drug-likeness (QED) is 0.457. The van der Waals surface area contributed by atoms with E-state index >= 15 is 0 Å². The van der Waals surface area contributed by atoms with Crippen molar-refractivity contribution >= 4 is 17.7 Å². The predicted molar refractivity (Wildman–Crippen MR) is 84.3 cm³/mol. The van der Waals surface area contributed by atoms with Crippen molar-refractivity contribution in [2.75, 3.05) is 5.75 Å². The van der Waals surface area contributed by atoms with Gasteiger partial charge in [-0.1, -0.05) is 18.2 Å². The average Bonchev–Trinajstić information content (AvgIpc) is 2.69. The van der Waals surface area contributed by atoms with Crippen LogP contribution in [0.15, 0.2) is 9.95 Å². The van der Waals surface area contributed by atoms with E-state index in [1.54, 1.807) is 7.05 Å². The van der Waals surface area contributed by atoms with Gasteiger partial charge in [-0.05, 0) is 33.6 Å². The molecule has 0 aliphatic rings. The highest BCUT2D eigenvalue weighted by Gasteiger charge is 2.30. The van der Waals surface area contributed by atoms with Crippen molar-refractivity contribution in [3.8, 4) is 0 Å². The van der Waals surface area contributed by atoms with Crippen LogP contribution in [-0.2, 0) is 11.8 Å². The molecule has 1 heterocycles. The maximum atomic E-state index is 11.6. The molecule has 1 atom stereocenters. The summed E-state index contributed by atoms with van der Waals surface area (Å²) >= 11 is 1.52. The molecule has 1 aromatic rings. The first kappa shape index (κ1) is 17.8. The molecule has 0 saturated carbocycles. The smallest absolute Gasteiger partial charge is 0.343 e. The Morgan fingerprint density at radius 3 is 2.67 bits per heavy atom. The number of aromatic nitrogens is 3. The molecule has 0 fully saturated rings. The van der Waals surface area contributed by atoms with Crippen molar-refractivity contribution in [2.45, 2.75) is 56.8 Å². The van der Waals surface area contributed by atoms with Crippen LogP contribution in [0, 0.1) is 0 Å². The number of primary amides is 1. The molecule has 1 unspecified atom stereocenters. The van der Waals surface area contributed by atoms with Gasteiger partial charge in [-0.2, -0.15) is 0 Å². The van der Waals surface area contributed by atoms with Gasteiger partial charge in [-0.15, -0.1) is 5.10 Å². The molecule has 0 bridgehead atoms. The minimum atomic E-state index is -0.669. The number of H-pyrrole nitrogens is 1. The second kappa shape index (κ2) is 7.65. The standard InChI is InChI=1S/C13H25N5O2S/c1-9(2)15-13(3,10(14)19)7-5-6-8-21-12-17-16-11(20)18(12)4/h9,15H,5-8H2,1-4H3,(H2,14,19)(H,16,20). The molecule has 0 aliphatic heterocycles. The molecule has 21 heavy (non-hydrogen) atoms. The van der Waals surface area contributed by atoms with Gasteiger partial charge >= 0.3 is 5.69 Å². The van der Waals surface area contributed by atoms with Gasteiger partial charge in [0, 0.05) is 18.8 Å². The normalized spacial score (nSPS) is 14.3. The van der Waals surface area contributed by atoms with Crippen LogP contribution in [0.1, 0.15) is 40.0 Å². The monoisotopic (exact) mass is 315 g/mol. The molecule has 0 radical (unpaired) electrons. The summed E-state index contributed by atoms with van der Waals surface area (Å²) in [4.78, 5) is 22.8. The van der Waals surface area contributed by atoms with Gasteiger partial charge in [-0.25, -0.2) is 9.89 Å². The largest absolute Gasteiger partial charge is 0.368 e. The second-order valence-electron chi connectivity index (χ2n) is 5.67. The fourth-order valence-corrected chi connectivity index (χ4v) is 3.03. The van der Waals surface area contributed by atoms with Crippen LogP contribution < -0.4 is 16.7 Å². The molecule has 0 spiro atoms. The van der Waals surface area contributed by atoms with Crippen molar-refractivity contribution in [1.82, 2.24) is 20.1 Å². The summed E-state index contributed by atoms with van der Waals surface area (Å²) in [5.41, 5.74) is 4.61. The van der Waals surface area contributed by atoms with E-state index in [1.807, 2.05) is 20.8 Å². The van der Waals surface area contributed by atoms with E-state index in [2.05, 4.69) is 15.5 Å². The number of carbonyl (C=O) groups excluding carboxylic acids is 1. The Labute approximate surface area is 129 Å². The number of amides is 1. The Bertz CT molecular complexity index is 525. The van der Waals surface area contributed by atoms with Gasteiger partial charge in [0.15, 0.2) is 5.16 Å². The Balaban J connectivity index is 2.37. The molecule has 1 rings (SSSR count). The minimum Gasteiger partial charge on any atom is -0.368 e. The third kappa shape index (κ3) is 5.20. The van der Waals surface area contributed by atoms with Gasteiger partial charge < -0.3 is 11.1 Å². The van der Waals surface area contributed by atoms with Crippen molar-refractivity contribution in [3.05, 3.63) is 10.5 Å². The van der Waals surface area contributed by atoms with E-state index in [9.17, 15) is 9.59 Å². The number of nitrogens with zero attached hydrogens (tertiary/aromatic N) is 2. The number of rotatable bonds is 9. The summed E-state index contributed by atoms with van der Waals surface area (Å²) in [6, 6.07) is 0.204. The molecule has 0 saturated heterocycles. The van der Waals surface area contributed by atoms with Gasteiger partial charge in [-0.3, -0.25) is 9.36 Å². The fraction of sp³-hybridized carbons (Fsp3) is 0.769. The summed E-state index contributed by atoms with van der Waals surface area (Å²) in [7, 11) is 1.69. The van der Waals surface area contributed by atoms with Crippen LogP contribution in [-0.4, -0.2) is 38.0 Å². The van der Waals surface area contributed by atoms with Crippen LogP contribution in [0.25, 0.3) is 0 Å². The van der Waals surface area contributed by atoms with E-state index in [1.165, 1.54) is 16.3 Å². The Hall–Kier alpha value is -1.28. The minimum absolute atomic E-state index is 0.204.